The largest absolute Gasteiger partial charge is 0.332 e. The summed E-state index contributed by atoms with van der Waals surface area (Å²) in [6.07, 6.45) is 5.18. The van der Waals surface area contributed by atoms with Gasteiger partial charge in [-0.05, 0) is 12.8 Å². The number of Topliss-reactive ketones (excluding diaryl/α,β-unsaturated/α-hetero) is 2. The molecule has 0 spiro atoms. The van der Waals surface area contributed by atoms with Gasteiger partial charge in [0, 0.05) is 25.4 Å². The molecule has 1 aromatic heterocycles. The standard InChI is InChI=1S/C10H12N2O2/c1-12-5-4-11-10(12)9(14)6-8(13)7-2-3-7/h4-5,7H,2-3,6H2,1H3. The Bertz CT molecular complexity index is 377. The predicted octanol–water partition coefficient (Wildman–Crippen LogP) is 0.972. The van der Waals surface area contributed by atoms with Crippen LogP contribution in [-0.2, 0) is 11.8 Å². The molecule has 1 aliphatic rings. The van der Waals surface area contributed by atoms with Crippen LogP contribution in [0.5, 0.6) is 0 Å². The Morgan fingerprint density at radius 1 is 1.57 bits per heavy atom. The fraction of sp³-hybridized carbons (Fsp3) is 0.500. The Morgan fingerprint density at radius 2 is 2.29 bits per heavy atom. The van der Waals surface area contributed by atoms with Crippen molar-refractivity contribution in [3.63, 3.8) is 0 Å². The van der Waals surface area contributed by atoms with Crippen molar-refractivity contribution in [2.24, 2.45) is 13.0 Å². The first-order chi connectivity index (χ1) is 6.68. The average Bonchev–Trinajstić information content (AvgIpc) is 2.89. The number of carbonyl (C=O) groups is 2. The van der Waals surface area contributed by atoms with Gasteiger partial charge in [-0.25, -0.2) is 4.98 Å². The summed E-state index contributed by atoms with van der Waals surface area (Å²) in [5.41, 5.74) is 0. The van der Waals surface area contributed by atoms with Crippen LogP contribution in [0.4, 0.5) is 0 Å². The summed E-state index contributed by atoms with van der Waals surface area (Å²) < 4.78 is 1.64. The Balaban J connectivity index is 2.02. The van der Waals surface area contributed by atoms with Gasteiger partial charge in [0.2, 0.25) is 5.78 Å². The molecule has 2 rings (SSSR count). The molecule has 0 aromatic carbocycles. The van der Waals surface area contributed by atoms with Gasteiger partial charge in [0.05, 0.1) is 6.42 Å². The molecule has 0 bridgehead atoms. The lowest BCUT2D eigenvalue weighted by molar-refractivity contribution is -0.119. The van der Waals surface area contributed by atoms with Gasteiger partial charge in [-0.1, -0.05) is 0 Å². The minimum atomic E-state index is -0.172. The average molecular weight is 192 g/mol. The molecule has 1 saturated carbocycles. The molecule has 74 valence electrons. The lowest BCUT2D eigenvalue weighted by Crippen LogP contribution is -2.13. The van der Waals surface area contributed by atoms with Crippen molar-refractivity contribution < 1.29 is 9.59 Å². The lowest BCUT2D eigenvalue weighted by atomic mass is 10.1. The summed E-state index contributed by atoms with van der Waals surface area (Å²) >= 11 is 0. The molecule has 1 aliphatic carbocycles. The normalized spacial score (nSPS) is 15.5. The molecule has 4 heteroatoms. The van der Waals surface area contributed by atoms with Crippen LogP contribution in [0.15, 0.2) is 12.4 Å². The number of aromatic nitrogens is 2. The summed E-state index contributed by atoms with van der Waals surface area (Å²) in [7, 11) is 1.75. The third kappa shape index (κ3) is 1.73. The molecule has 0 N–H and O–H groups in total. The second-order valence-electron chi connectivity index (χ2n) is 3.70. The van der Waals surface area contributed by atoms with Crippen LogP contribution in [0, 0.1) is 5.92 Å². The molecule has 0 radical (unpaired) electrons. The van der Waals surface area contributed by atoms with E-state index in [1.165, 1.54) is 0 Å². The van der Waals surface area contributed by atoms with Crippen LogP contribution in [0.2, 0.25) is 0 Å². The zero-order valence-electron chi connectivity index (χ0n) is 8.06. The van der Waals surface area contributed by atoms with Crippen LogP contribution < -0.4 is 0 Å². The molecule has 1 fully saturated rings. The van der Waals surface area contributed by atoms with Crippen molar-refractivity contribution in [2.45, 2.75) is 19.3 Å². The maximum absolute atomic E-state index is 11.6. The predicted molar refractivity (Wildman–Crippen MR) is 49.9 cm³/mol. The Kier molecular flexibility index (Phi) is 2.19. The first-order valence-corrected chi connectivity index (χ1v) is 4.71. The molecule has 0 amide bonds. The van der Waals surface area contributed by atoms with Crippen molar-refractivity contribution in [1.82, 2.24) is 9.55 Å². The highest BCUT2D eigenvalue weighted by Gasteiger charge is 2.31. The van der Waals surface area contributed by atoms with Gasteiger partial charge in [-0.15, -0.1) is 0 Å². The quantitative estimate of drug-likeness (QED) is 0.527. The minimum absolute atomic E-state index is 0.00944. The van der Waals surface area contributed by atoms with Gasteiger partial charge in [-0.2, -0.15) is 0 Å². The van der Waals surface area contributed by atoms with E-state index in [0.29, 0.717) is 5.82 Å². The monoisotopic (exact) mass is 192 g/mol. The Hall–Kier alpha value is -1.45. The van der Waals surface area contributed by atoms with Crippen LogP contribution >= 0.6 is 0 Å². The van der Waals surface area contributed by atoms with Crippen LogP contribution in [0.3, 0.4) is 0 Å². The van der Waals surface area contributed by atoms with E-state index >= 15 is 0 Å². The van der Waals surface area contributed by atoms with Crippen molar-refractivity contribution in [1.29, 1.82) is 0 Å². The Morgan fingerprint density at radius 3 is 2.79 bits per heavy atom. The first kappa shape index (κ1) is 9.12. The second-order valence-corrected chi connectivity index (χ2v) is 3.70. The van der Waals surface area contributed by atoms with Crippen molar-refractivity contribution in [3.05, 3.63) is 18.2 Å². The maximum Gasteiger partial charge on any atom is 0.205 e. The van der Waals surface area contributed by atoms with Gasteiger partial charge < -0.3 is 4.57 Å². The van der Waals surface area contributed by atoms with Crippen LogP contribution in [0.1, 0.15) is 29.9 Å². The number of imidazole rings is 1. The smallest absolute Gasteiger partial charge is 0.205 e. The molecule has 0 aliphatic heterocycles. The Labute approximate surface area is 81.9 Å². The summed E-state index contributed by atoms with van der Waals surface area (Å²) in [5.74, 6) is 0.422. The highest BCUT2D eigenvalue weighted by Crippen LogP contribution is 2.31. The number of hydrogen-bond donors (Lipinski definition) is 0. The third-order valence-corrected chi connectivity index (χ3v) is 2.44. The van der Waals surface area contributed by atoms with E-state index in [0.717, 1.165) is 12.8 Å². The summed E-state index contributed by atoms with van der Waals surface area (Å²) in [6.45, 7) is 0. The molecular formula is C10H12N2O2. The van der Waals surface area contributed by atoms with E-state index < -0.39 is 0 Å². The molecule has 1 aromatic rings. The van der Waals surface area contributed by atoms with Crippen LogP contribution in [-0.4, -0.2) is 21.1 Å². The van der Waals surface area contributed by atoms with E-state index in [1.54, 1.807) is 24.0 Å². The SMILES string of the molecule is Cn1ccnc1C(=O)CC(=O)C1CC1. The zero-order chi connectivity index (χ0) is 10.1. The van der Waals surface area contributed by atoms with E-state index in [-0.39, 0.29) is 23.9 Å². The molecule has 1 heterocycles. The van der Waals surface area contributed by atoms with Crippen LogP contribution in [0.25, 0.3) is 0 Å². The van der Waals surface area contributed by atoms with Gasteiger partial charge in [0.1, 0.15) is 5.78 Å². The molecule has 0 saturated heterocycles. The molecule has 4 nitrogen and oxygen atoms in total. The highest BCUT2D eigenvalue weighted by atomic mass is 16.1. The van der Waals surface area contributed by atoms with Gasteiger partial charge >= 0.3 is 0 Å². The fourth-order valence-electron chi connectivity index (χ4n) is 1.42. The van der Waals surface area contributed by atoms with Gasteiger partial charge in [-0.3, -0.25) is 9.59 Å². The number of rotatable bonds is 4. The van der Waals surface area contributed by atoms with Gasteiger partial charge in [0.25, 0.3) is 0 Å². The van der Waals surface area contributed by atoms with E-state index in [1.807, 2.05) is 0 Å². The number of nitrogens with zero attached hydrogens (tertiary/aromatic N) is 2. The first-order valence-electron chi connectivity index (χ1n) is 4.71. The van der Waals surface area contributed by atoms with Gasteiger partial charge in [0.15, 0.2) is 5.82 Å². The molecule has 14 heavy (non-hydrogen) atoms. The minimum Gasteiger partial charge on any atom is -0.332 e. The van der Waals surface area contributed by atoms with Crippen molar-refractivity contribution in [3.8, 4) is 0 Å². The van der Waals surface area contributed by atoms with Crippen molar-refractivity contribution >= 4 is 11.6 Å². The third-order valence-electron chi connectivity index (χ3n) is 2.44. The zero-order valence-corrected chi connectivity index (χ0v) is 8.06. The lowest BCUT2D eigenvalue weighted by Gasteiger charge is -1.99. The molecular weight excluding hydrogens is 180 g/mol. The summed E-state index contributed by atoms with van der Waals surface area (Å²) in [4.78, 5) is 26.8. The van der Waals surface area contributed by atoms with E-state index in [9.17, 15) is 9.59 Å². The second kappa shape index (κ2) is 3.36. The van der Waals surface area contributed by atoms with E-state index in [4.69, 9.17) is 0 Å². The summed E-state index contributed by atoms with van der Waals surface area (Å²) in [6, 6.07) is 0. The molecule has 0 atom stereocenters. The molecule has 0 unspecified atom stereocenters. The highest BCUT2D eigenvalue weighted by molar-refractivity contribution is 6.07. The number of hydrogen-bond acceptors (Lipinski definition) is 3. The van der Waals surface area contributed by atoms with E-state index in [2.05, 4.69) is 4.98 Å². The summed E-state index contributed by atoms with van der Waals surface area (Å²) in [5, 5.41) is 0. The topological polar surface area (TPSA) is 52.0 Å². The number of ketones is 2. The number of carbonyl (C=O) groups excluding carboxylic acids is 2. The number of aryl methyl sites for hydroxylation is 1. The maximum atomic E-state index is 11.6. The van der Waals surface area contributed by atoms with Crippen molar-refractivity contribution in [2.75, 3.05) is 0 Å². The fourth-order valence-corrected chi connectivity index (χ4v) is 1.42.